The summed E-state index contributed by atoms with van der Waals surface area (Å²) in [4.78, 5) is 13.4. The molecule has 24 heavy (non-hydrogen) atoms. The number of benzene rings is 1. The van der Waals surface area contributed by atoms with E-state index in [-0.39, 0.29) is 24.1 Å². The Bertz CT molecular complexity index is 683. The number of ether oxygens (including phenoxy) is 1. The second-order valence-corrected chi connectivity index (χ2v) is 5.34. The first-order chi connectivity index (χ1) is 11.2. The Morgan fingerprint density at radius 1 is 1.33 bits per heavy atom. The van der Waals surface area contributed by atoms with Gasteiger partial charge in [0.05, 0.1) is 12.7 Å². The van der Waals surface area contributed by atoms with Crippen molar-refractivity contribution in [2.45, 2.75) is 26.3 Å². The molecule has 1 aromatic heterocycles. The van der Waals surface area contributed by atoms with Crippen molar-refractivity contribution in [1.82, 2.24) is 20.3 Å². The number of carbonyl (C=O) groups excluding carboxylic acids is 1. The Hall–Kier alpha value is -2.58. The van der Waals surface area contributed by atoms with Gasteiger partial charge in [-0.15, -0.1) is 13.2 Å². The Morgan fingerprint density at radius 2 is 2.00 bits per heavy atom. The number of hydrogen-bond acceptors (Lipinski definition) is 4. The summed E-state index contributed by atoms with van der Waals surface area (Å²) in [5, 5.41) is 10.7. The van der Waals surface area contributed by atoms with E-state index in [1.54, 1.807) is 20.2 Å². The van der Waals surface area contributed by atoms with Crippen molar-refractivity contribution in [3.63, 3.8) is 0 Å². The van der Waals surface area contributed by atoms with E-state index >= 15 is 0 Å². The highest BCUT2D eigenvalue weighted by molar-refractivity contribution is 5.78. The molecule has 1 heterocycles. The molecule has 1 aromatic carbocycles. The second-order valence-electron chi connectivity index (χ2n) is 5.34. The molecule has 0 aliphatic heterocycles. The largest absolute Gasteiger partial charge is 0.573 e. The van der Waals surface area contributed by atoms with Gasteiger partial charge in [-0.3, -0.25) is 4.79 Å². The molecule has 2 aromatic rings. The van der Waals surface area contributed by atoms with Gasteiger partial charge in [-0.25, -0.2) is 0 Å². The molecule has 0 aliphatic carbocycles. The molecule has 0 saturated carbocycles. The van der Waals surface area contributed by atoms with Gasteiger partial charge in [-0.05, 0) is 24.1 Å². The molecular weight excluding hydrogens is 325 g/mol. The molecule has 130 valence electrons. The van der Waals surface area contributed by atoms with E-state index in [9.17, 15) is 18.0 Å². The smallest absolute Gasteiger partial charge is 0.406 e. The highest BCUT2D eigenvalue weighted by atomic mass is 19.4. The van der Waals surface area contributed by atoms with Gasteiger partial charge in [0, 0.05) is 13.0 Å². The van der Waals surface area contributed by atoms with E-state index in [0.717, 1.165) is 5.56 Å². The number of alkyl halides is 3. The normalized spacial score (nSPS) is 12.7. The van der Waals surface area contributed by atoms with Crippen LogP contribution in [-0.4, -0.2) is 27.3 Å². The van der Waals surface area contributed by atoms with E-state index in [4.69, 9.17) is 0 Å². The quantitative estimate of drug-likeness (QED) is 0.874. The molecule has 0 radical (unpaired) electrons. The molecule has 1 N–H and O–H groups in total. The molecule has 6 nitrogen and oxygen atoms in total. The fourth-order valence-electron chi connectivity index (χ4n) is 2.09. The number of aromatic nitrogens is 3. The Kier molecular flexibility index (Phi) is 5.42. The summed E-state index contributed by atoms with van der Waals surface area (Å²) >= 11 is 0. The topological polar surface area (TPSA) is 69.0 Å². The van der Waals surface area contributed by atoms with E-state index in [0.29, 0.717) is 12.1 Å². The number of amides is 1. The number of rotatable bonds is 6. The highest BCUT2D eigenvalue weighted by Crippen LogP contribution is 2.23. The van der Waals surface area contributed by atoms with Gasteiger partial charge in [0.25, 0.3) is 0 Å². The minimum Gasteiger partial charge on any atom is -0.406 e. The van der Waals surface area contributed by atoms with E-state index < -0.39 is 6.36 Å². The summed E-state index contributed by atoms with van der Waals surface area (Å²) in [7, 11) is 1.68. The maximum atomic E-state index is 12.1. The van der Waals surface area contributed by atoms with Crippen LogP contribution < -0.4 is 10.1 Å². The molecule has 0 unspecified atom stereocenters. The first kappa shape index (κ1) is 17.8. The van der Waals surface area contributed by atoms with Crippen LogP contribution in [0.4, 0.5) is 13.2 Å². The predicted octanol–water partition coefficient (Wildman–Crippen LogP) is 2.21. The number of halogens is 3. The Labute approximate surface area is 136 Å². The van der Waals surface area contributed by atoms with Gasteiger partial charge in [0.1, 0.15) is 11.4 Å². The molecular formula is C15H17F3N4O2. The number of nitrogens with zero attached hydrogens (tertiary/aromatic N) is 3. The summed E-state index contributed by atoms with van der Waals surface area (Å²) in [6, 6.07) is 5.47. The maximum absolute atomic E-state index is 12.1. The van der Waals surface area contributed by atoms with E-state index in [2.05, 4.69) is 20.3 Å². The Balaban J connectivity index is 1.84. The van der Waals surface area contributed by atoms with E-state index in [1.807, 2.05) is 0 Å². The number of hydrogen-bond donors (Lipinski definition) is 1. The summed E-state index contributed by atoms with van der Waals surface area (Å²) in [6.07, 6.45) is -2.75. The van der Waals surface area contributed by atoms with Crippen LogP contribution in [0.5, 0.6) is 5.75 Å². The lowest BCUT2D eigenvalue weighted by Gasteiger charge is -2.13. The van der Waals surface area contributed by atoms with Crippen molar-refractivity contribution in [1.29, 1.82) is 0 Å². The molecule has 9 heteroatoms. The fraction of sp³-hybridized carbons (Fsp3) is 0.400. The molecule has 1 atom stereocenters. The summed E-state index contributed by atoms with van der Waals surface area (Å²) in [5.41, 5.74) is 1.39. The number of nitrogens with one attached hydrogen (secondary N) is 1. The first-order valence-electron chi connectivity index (χ1n) is 7.20. The predicted molar refractivity (Wildman–Crippen MR) is 78.8 cm³/mol. The van der Waals surface area contributed by atoms with Gasteiger partial charge in [0.15, 0.2) is 0 Å². The SMILES string of the molecule is C[C@@H](Cc1ccc(OC(F)(F)F)cc1)C(=O)NCc1cnn(C)n1. The zero-order valence-electron chi connectivity index (χ0n) is 13.2. The molecule has 1 amide bonds. The minimum atomic E-state index is -4.71. The van der Waals surface area contributed by atoms with Gasteiger partial charge < -0.3 is 10.1 Å². The third-order valence-electron chi connectivity index (χ3n) is 3.24. The fourth-order valence-corrected chi connectivity index (χ4v) is 2.09. The van der Waals surface area contributed by atoms with Crippen molar-refractivity contribution < 1.29 is 22.7 Å². The molecule has 2 rings (SSSR count). The van der Waals surface area contributed by atoms with Crippen molar-refractivity contribution >= 4 is 5.91 Å². The average Bonchev–Trinajstić information content (AvgIpc) is 2.91. The zero-order valence-corrected chi connectivity index (χ0v) is 13.2. The zero-order chi connectivity index (χ0) is 17.7. The van der Waals surface area contributed by atoms with Gasteiger partial charge in [0.2, 0.25) is 5.91 Å². The van der Waals surface area contributed by atoms with Gasteiger partial charge in [-0.2, -0.15) is 15.0 Å². The van der Waals surface area contributed by atoms with Crippen LogP contribution >= 0.6 is 0 Å². The van der Waals surface area contributed by atoms with Gasteiger partial charge >= 0.3 is 6.36 Å². The van der Waals surface area contributed by atoms with Crippen molar-refractivity contribution in [2.24, 2.45) is 13.0 Å². The van der Waals surface area contributed by atoms with E-state index in [1.165, 1.54) is 29.1 Å². The molecule has 0 aliphatic rings. The lowest BCUT2D eigenvalue weighted by Crippen LogP contribution is -2.30. The third kappa shape index (κ3) is 5.56. The van der Waals surface area contributed by atoms with Crippen molar-refractivity contribution in [2.75, 3.05) is 0 Å². The number of aryl methyl sites for hydroxylation is 1. The molecule has 0 spiro atoms. The number of carbonyl (C=O) groups is 1. The van der Waals surface area contributed by atoms with Crippen molar-refractivity contribution in [3.05, 3.63) is 41.7 Å². The maximum Gasteiger partial charge on any atom is 0.573 e. The summed E-state index contributed by atoms with van der Waals surface area (Å²) < 4.78 is 40.1. The average molecular weight is 342 g/mol. The lowest BCUT2D eigenvalue weighted by molar-refractivity contribution is -0.274. The summed E-state index contributed by atoms with van der Waals surface area (Å²) in [6.45, 7) is 2.02. The Morgan fingerprint density at radius 3 is 2.54 bits per heavy atom. The van der Waals surface area contributed by atoms with Crippen LogP contribution in [0.3, 0.4) is 0 Å². The molecule has 0 saturated heterocycles. The van der Waals surface area contributed by atoms with Crippen LogP contribution in [0.1, 0.15) is 18.2 Å². The van der Waals surface area contributed by atoms with Crippen LogP contribution in [0.25, 0.3) is 0 Å². The van der Waals surface area contributed by atoms with Gasteiger partial charge in [-0.1, -0.05) is 19.1 Å². The second kappa shape index (κ2) is 7.33. The van der Waals surface area contributed by atoms with Crippen LogP contribution in [-0.2, 0) is 24.8 Å². The van der Waals surface area contributed by atoms with Crippen LogP contribution in [0.15, 0.2) is 30.5 Å². The van der Waals surface area contributed by atoms with Crippen LogP contribution in [0.2, 0.25) is 0 Å². The lowest BCUT2D eigenvalue weighted by atomic mass is 10.0. The minimum absolute atomic E-state index is 0.170. The first-order valence-corrected chi connectivity index (χ1v) is 7.20. The molecule has 0 bridgehead atoms. The highest BCUT2D eigenvalue weighted by Gasteiger charge is 2.31. The van der Waals surface area contributed by atoms with Crippen LogP contribution in [0, 0.1) is 5.92 Å². The monoisotopic (exact) mass is 342 g/mol. The van der Waals surface area contributed by atoms with Crippen molar-refractivity contribution in [3.8, 4) is 5.75 Å². The molecule has 0 fully saturated rings. The standard InChI is InChI=1S/C15H17F3N4O2/c1-10(14(23)19-8-12-9-20-22(2)21-12)7-11-3-5-13(6-4-11)24-15(16,17)18/h3-6,9-10H,7-8H2,1-2H3,(H,19,23)/t10-/m0/s1. The summed E-state index contributed by atoms with van der Waals surface area (Å²) in [5.74, 6) is -0.793. The third-order valence-corrected chi connectivity index (χ3v) is 3.24.